The molecular weight excluding hydrogens is 266 g/mol. The van der Waals surface area contributed by atoms with E-state index in [0.717, 1.165) is 15.7 Å². The SMILES string of the molecule is Cc1nc(C#Cc2cc(C(C)(C)C)sc2Cl)n[nH]1. The summed E-state index contributed by atoms with van der Waals surface area (Å²) in [5.74, 6) is 7.17. The number of aromatic nitrogens is 3. The third-order valence-corrected chi connectivity index (χ3v) is 4.12. The van der Waals surface area contributed by atoms with E-state index < -0.39 is 0 Å². The summed E-state index contributed by atoms with van der Waals surface area (Å²) < 4.78 is 0.722. The molecule has 0 bridgehead atoms. The highest BCUT2D eigenvalue weighted by Crippen LogP contribution is 2.35. The Morgan fingerprint density at radius 1 is 1.33 bits per heavy atom. The van der Waals surface area contributed by atoms with Crippen LogP contribution in [0.5, 0.6) is 0 Å². The Balaban J connectivity index is 2.31. The number of nitrogens with zero attached hydrogens (tertiary/aromatic N) is 2. The smallest absolute Gasteiger partial charge is 0.225 e. The summed E-state index contributed by atoms with van der Waals surface area (Å²) in [6, 6.07) is 2.04. The lowest BCUT2D eigenvalue weighted by Crippen LogP contribution is -2.07. The molecule has 0 saturated carbocycles. The largest absolute Gasteiger partial charge is 0.262 e. The van der Waals surface area contributed by atoms with Crippen molar-refractivity contribution in [2.45, 2.75) is 33.1 Å². The number of hydrogen-bond donors (Lipinski definition) is 1. The van der Waals surface area contributed by atoms with E-state index in [-0.39, 0.29) is 5.41 Å². The second kappa shape index (κ2) is 4.75. The van der Waals surface area contributed by atoms with Crippen LogP contribution in [-0.4, -0.2) is 15.2 Å². The molecule has 0 spiro atoms. The Kier molecular flexibility index (Phi) is 3.47. The number of aromatic amines is 1. The van der Waals surface area contributed by atoms with Gasteiger partial charge in [0.05, 0.1) is 5.56 Å². The molecule has 0 aliphatic rings. The van der Waals surface area contributed by atoms with E-state index in [1.54, 1.807) is 11.3 Å². The summed E-state index contributed by atoms with van der Waals surface area (Å²) >= 11 is 7.77. The average molecular weight is 280 g/mol. The van der Waals surface area contributed by atoms with Crippen molar-refractivity contribution < 1.29 is 0 Å². The summed E-state index contributed by atoms with van der Waals surface area (Å²) in [7, 11) is 0. The highest BCUT2D eigenvalue weighted by atomic mass is 35.5. The quantitative estimate of drug-likeness (QED) is 0.750. The number of H-pyrrole nitrogens is 1. The second-order valence-corrected chi connectivity index (χ2v) is 6.70. The Morgan fingerprint density at radius 2 is 2.06 bits per heavy atom. The van der Waals surface area contributed by atoms with Gasteiger partial charge in [-0.15, -0.1) is 16.4 Å². The van der Waals surface area contributed by atoms with Crippen molar-refractivity contribution in [1.82, 2.24) is 15.2 Å². The van der Waals surface area contributed by atoms with Crippen LogP contribution in [0, 0.1) is 18.8 Å². The monoisotopic (exact) mass is 279 g/mol. The number of rotatable bonds is 0. The predicted molar refractivity (Wildman–Crippen MR) is 75.1 cm³/mol. The molecule has 3 nitrogen and oxygen atoms in total. The Hall–Kier alpha value is -1.31. The van der Waals surface area contributed by atoms with E-state index in [4.69, 9.17) is 11.6 Å². The van der Waals surface area contributed by atoms with Gasteiger partial charge in [-0.3, -0.25) is 5.10 Å². The van der Waals surface area contributed by atoms with Gasteiger partial charge in [0.1, 0.15) is 10.2 Å². The van der Waals surface area contributed by atoms with Crippen LogP contribution in [0.4, 0.5) is 0 Å². The van der Waals surface area contributed by atoms with Gasteiger partial charge >= 0.3 is 0 Å². The summed E-state index contributed by atoms with van der Waals surface area (Å²) in [6.45, 7) is 8.31. The van der Waals surface area contributed by atoms with Crippen LogP contribution in [0.3, 0.4) is 0 Å². The van der Waals surface area contributed by atoms with Crippen molar-refractivity contribution in [2.24, 2.45) is 0 Å². The fourth-order valence-electron chi connectivity index (χ4n) is 1.35. The third-order valence-electron chi connectivity index (χ3n) is 2.33. The predicted octanol–water partition coefficient (Wildman–Crippen LogP) is 3.53. The first kappa shape index (κ1) is 13.1. The van der Waals surface area contributed by atoms with Crippen molar-refractivity contribution in [3.05, 3.63) is 32.5 Å². The van der Waals surface area contributed by atoms with Crippen LogP contribution < -0.4 is 0 Å². The van der Waals surface area contributed by atoms with Gasteiger partial charge in [0, 0.05) is 4.88 Å². The van der Waals surface area contributed by atoms with Gasteiger partial charge in [-0.2, -0.15) is 0 Å². The van der Waals surface area contributed by atoms with Crippen molar-refractivity contribution in [1.29, 1.82) is 0 Å². The molecule has 0 aliphatic heterocycles. The highest BCUT2D eigenvalue weighted by Gasteiger charge is 2.18. The van der Waals surface area contributed by atoms with E-state index in [2.05, 4.69) is 47.8 Å². The zero-order valence-electron chi connectivity index (χ0n) is 10.8. The molecule has 2 aromatic rings. The molecule has 0 atom stereocenters. The Morgan fingerprint density at radius 3 is 2.56 bits per heavy atom. The van der Waals surface area contributed by atoms with Crippen molar-refractivity contribution >= 4 is 22.9 Å². The normalized spacial score (nSPS) is 11.2. The maximum absolute atomic E-state index is 6.19. The van der Waals surface area contributed by atoms with E-state index in [1.807, 2.05) is 13.0 Å². The summed E-state index contributed by atoms with van der Waals surface area (Å²) in [6.07, 6.45) is 0. The first-order valence-electron chi connectivity index (χ1n) is 5.57. The van der Waals surface area contributed by atoms with Crippen LogP contribution >= 0.6 is 22.9 Å². The van der Waals surface area contributed by atoms with Crippen molar-refractivity contribution in [3.8, 4) is 11.8 Å². The van der Waals surface area contributed by atoms with Crippen LogP contribution in [0.1, 0.15) is 42.9 Å². The molecule has 2 rings (SSSR count). The van der Waals surface area contributed by atoms with Crippen molar-refractivity contribution in [3.63, 3.8) is 0 Å². The number of halogens is 1. The standard InChI is InChI=1S/C13H14ClN3S/c1-8-15-11(17-16-8)6-5-9-7-10(13(2,3)4)18-12(9)14/h7H,1-4H3,(H,15,16,17). The molecule has 0 unspecified atom stereocenters. The minimum atomic E-state index is 0.0927. The van der Waals surface area contributed by atoms with E-state index >= 15 is 0 Å². The topological polar surface area (TPSA) is 41.6 Å². The lowest BCUT2D eigenvalue weighted by atomic mass is 9.94. The van der Waals surface area contributed by atoms with Gasteiger partial charge in [0.25, 0.3) is 0 Å². The van der Waals surface area contributed by atoms with Gasteiger partial charge in [-0.1, -0.05) is 38.3 Å². The fourth-order valence-corrected chi connectivity index (χ4v) is 2.59. The molecule has 18 heavy (non-hydrogen) atoms. The Labute approximate surface area is 116 Å². The van der Waals surface area contributed by atoms with Crippen LogP contribution in [0.15, 0.2) is 6.07 Å². The van der Waals surface area contributed by atoms with Crippen LogP contribution in [-0.2, 0) is 5.41 Å². The first-order valence-corrected chi connectivity index (χ1v) is 6.76. The van der Waals surface area contributed by atoms with Gasteiger partial charge in [0.15, 0.2) is 0 Å². The molecule has 94 valence electrons. The van der Waals surface area contributed by atoms with Gasteiger partial charge in [-0.05, 0) is 24.3 Å². The van der Waals surface area contributed by atoms with E-state index in [9.17, 15) is 0 Å². The van der Waals surface area contributed by atoms with Gasteiger partial charge in [0.2, 0.25) is 5.82 Å². The lowest BCUT2D eigenvalue weighted by Gasteiger charge is -2.14. The van der Waals surface area contributed by atoms with E-state index in [0.29, 0.717) is 5.82 Å². The summed E-state index contributed by atoms with van der Waals surface area (Å²) in [4.78, 5) is 5.36. The van der Waals surface area contributed by atoms with E-state index in [1.165, 1.54) is 4.88 Å². The molecule has 2 aromatic heterocycles. The molecule has 1 N–H and O–H groups in total. The summed E-state index contributed by atoms with van der Waals surface area (Å²) in [5.41, 5.74) is 0.934. The highest BCUT2D eigenvalue weighted by molar-refractivity contribution is 7.16. The second-order valence-electron chi connectivity index (χ2n) is 5.04. The number of aryl methyl sites for hydroxylation is 1. The molecule has 0 radical (unpaired) electrons. The fraction of sp³-hybridized carbons (Fsp3) is 0.385. The maximum atomic E-state index is 6.19. The van der Waals surface area contributed by atoms with Crippen LogP contribution in [0.25, 0.3) is 0 Å². The molecule has 0 saturated heterocycles. The molecule has 5 heteroatoms. The molecule has 0 fully saturated rings. The molecule has 0 aromatic carbocycles. The van der Waals surface area contributed by atoms with Gasteiger partial charge in [-0.25, -0.2) is 4.98 Å². The molecular formula is C13H14ClN3S. The number of hydrogen-bond acceptors (Lipinski definition) is 3. The van der Waals surface area contributed by atoms with Crippen molar-refractivity contribution in [2.75, 3.05) is 0 Å². The summed E-state index contributed by atoms with van der Waals surface area (Å²) in [5, 5.41) is 6.72. The number of thiophene rings is 1. The first-order chi connectivity index (χ1) is 8.36. The zero-order chi connectivity index (χ0) is 13.3. The molecule has 2 heterocycles. The molecule has 0 amide bonds. The minimum Gasteiger partial charge on any atom is -0.262 e. The maximum Gasteiger partial charge on any atom is 0.225 e. The average Bonchev–Trinajstić information content (AvgIpc) is 2.81. The number of nitrogens with one attached hydrogen (secondary N) is 1. The Bertz CT molecular complexity index is 623. The minimum absolute atomic E-state index is 0.0927. The lowest BCUT2D eigenvalue weighted by molar-refractivity contribution is 0.604. The molecule has 0 aliphatic carbocycles. The van der Waals surface area contributed by atoms with Crippen LogP contribution in [0.2, 0.25) is 4.34 Å². The zero-order valence-corrected chi connectivity index (χ0v) is 12.3. The third kappa shape index (κ3) is 2.92. The van der Waals surface area contributed by atoms with Gasteiger partial charge < -0.3 is 0 Å².